The molecule has 0 radical (unpaired) electrons. The molecule has 2 unspecified atom stereocenters. The highest BCUT2D eigenvalue weighted by atomic mass is 19.1. The van der Waals surface area contributed by atoms with Crippen LogP contribution in [0.3, 0.4) is 0 Å². The lowest BCUT2D eigenvalue weighted by molar-refractivity contribution is -0.180. The second kappa shape index (κ2) is 5.39. The van der Waals surface area contributed by atoms with Gasteiger partial charge in [-0.3, -0.25) is 0 Å². The molecule has 3 rings (SSSR count). The van der Waals surface area contributed by atoms with Crippen molar-refractivity contribution in [2.45, 2.75) is 32.4 Å². The Bertz CT molecular complexity index is 559. The summed E-state index contributed by atoms with van der Waals surface area (Å²) in [5, 5.41) is 11.3. The maximum atomic E-state index is 13.9. The second-order valence-corrected chi connectivity index (χ2v) is 6.26. The molecule has 1 N–H and O–H groups in total. The number of rotatable bonds is 5. The fourth-order valence-corrected chi connectivity index (χ4v) is 3.04. The van der Waals surface area contributed by atoms with Crippen LogP contribution in [0, 0.1) is 23.0 Å². The van der Waals surface area contributed by atoms with Gasteiger partial charge in [-0.05, 0) is 48.3 Å². The van der Waals surface area contributed by atoms with E-state index in [1.165, 1.54) is 23.5 Å². The molecule has 1 aromatic rings. The Morgan fingerprint density at radius 3 is 2.71 bits per heavy atom. The van der Waals surface area contributed by atoms with Gasteiger partial charge in [0.05, 0.1) is 0 Å². The molecule has 1 aromatic carbocycles. The Hall–Kier alpha value is -1.46. The van der Waals surface area contributed by atoms with Crippen LogP contribution in [0.15, 0.2) is 30.5 Å². The van der Waals surface area contributed by atoms with Crippen molar-refractivity contribution in [3.05, 3.63) is 47.7 Å². The molecule has 114 valence electrons. The summed E-state index contributed by atoms with van der Waals surface area (Å²) < 4.78 is 26.9. The van der Waals surface area contributed by atoms with E-state index in [1.54, 1.807) is 6.08 Å². The lowest BCUT2D eigenvalue weighted by atomic mass is 9.78. The number of hydrogen-bond acceptors (Lipinski definition) is 3. The first kappa shape index (κ1) is 14.5. The van der Waals surface area contributed by atoms with Gasteiger partial charge in [-0.25, -0.2) is 8.78 Å². The molecular weight excluding hydrogens is 276 g/mol. The highest BCUT2D eigenvalue weighted by Crippen LogP contribution is 2.48. The van der Waals surface area contributed by atoms with Crippen LogP contribution in [-0.2, 0) is 11.3 Å². The van der Waals surface area contributed by atoms with E-state index < -0.39 is 17.9 Å². The molecule has 0 saturated heterocycles. The fourth-order valence-electron chi connectivity index (χ4n) is 3.04. The van der Waals surface area contributed by atoms with E-state index in [2.05, 4.69) is 6.92 Å². The first-order valence-corrected chi connectivity index (χ1v) is 7.20. The van der Waals surface area contributed by atoms with Crippen LogP contribution in [0.4, 0.5) is 8.78 Å². The Labute approximate surface area is 122 Å². The lowest BCUT2D eigenvalue weighted by Gasteiger charge is -2.34. The van der Waals surface area contributed by atoms with Gasteiger partial charge >= 0.3 is 0 Å². The molecular formula is C16H19F2NO2. The highest BCUT2D eigenvalue weighted by molar-refractivity contribution is 5.21. The van der Waals surface area contributed by atoms with Gasteiger partial charge in [0, 0.05) is 12.6 Å². The molecule has 0 bridgehead atoms. The monoisotopic (exact) mass is 295 g/mol. The molecule has 1 aliphatic carbocycles. The minimum atomic E-state index is -0.763. The molecule has 1 fully saturated rings. The van der Waals surface area contributed by atoms with E-state index in [-0.39, 0.29) is 5.41 Å². The summed E-state index contributed by atoms with van der Waals surface area (Å²) in [4.78, 5) is 5.27. The zero-order valence-corrected chi connectivity index (χ0v) is 11.9. The van der Waals surface area contributed by atoms with E-state index in [9.17, 15) is 13.9 Å². The van der Waals surface area contributed by atoms with Gasteiger partial charge in [-0.15, -0.1) is 5.06 Å². The average molecular weight is 295 g/mol. The highest BCUT2D eigenvalue weighted by Gasteiger charge is 2.44. The van der Waals surface area contributed by atoms with Gasteiger partial charge in [-0.1, -0.05) is 13.0 Å². The summed E-state index contributed by atoms with van der Waals surface area (Å²) in [7, 11) is 0. The normalized spacial score (nSPS) is 24.9. The van der Waals surface area contributed by atoms with Gasteiger partial charge in [0.15, 0.2) is 6.23 Å². The smallest absolute Gasteiger partial charge is 0.162 e. The predicted molar refractivity (Wildman–Crippen MR) is 73.8 cm³/mol. The Morgan fingerprint density at radius 1 is 1.38 bits per heavy atom. The molecule has 1 saturated carbocycles. The topological polar surface area (TPSA) is 32.7 Å². The third-order valence-corrected chi connectivity index (χ3v) is 4.43. The number of nitrogens with zero attached hydrogens (tertiary/aromatic N) is 1. The van der Waals surface area contributed by atoms with E-state index in [1.807, 2.05) is 0 Å². The van der Waals surface area contributed by atoms with Crippen LogP contribution in [0.1, 0.15) is 25.3 Å². The third kappa shape index (κ3) is 3.09. The van der Waals surface area contributed by atoms with Gasteiger partial charge in [0.25, 0.3) is 0 Å². The SMILES string of the molecule is CC(Cc1ccc(F)cc1F)(CN1OC=CC1O)C1CC1. The van der Waals surface area contributed by atoms with E-state index >= 15 is 0 Å². The van der Waals surface area contributed by atoms with Crippen molar-refractivity contribution in [3.8, 4) is 0 Å². The molecule has 0 aromatic heterocycles. The van der Waals surface area contributed by atoms with Crippen LogP contribution in [0.2, 0.25) is 0 Å². The predicted octanol–water partition coefficient (Wildman–Crippen LogP) is 3.00. The minimum absolute atomic E-state index is 0.217. The fraction of sp³-hybridized carbons (Fsp3) is 0.500. The van der Waals surface area contributed by atoms with Gasteiger partial charge < -0.3 is 9.94 Å². The minimum Gasteiger partial charge on any atom is -0.411 e. The molecule has 5 heteroatoms. The van der Waals surface area contributed by atoms with Crippen molar-refractivity contribution < 1.29 is 18.7 Å². The van der Waals surface area contributed by atoms with E-state index in [4.69, 9.17) is 4.84 Å². The maximum Gasteiger partial charge on any atom is 0.162 e. The van der Waals surface area contributed by atoms with E-state index in [0.29, 0.717) is 24.4 Å². The largest absolute Gasteiger partial charge is 0.411 e. The Balaban J connectivity index is 1.77. The second-order valence-electron chi connectivity index (χ2n) is 6.26. The van der Waals surface area contributed by atoms with Crippen LogP contribution in [0.5, 0.6) is 0 Å². The summed E-state index contributed by atoms with van der Waals surface area (Å²) in [6, 6.07) is 3.71. The van der Waals surface area contributed by atoms with Crippen LogP contribution < -0.4 is 0 Å². The van der Waals surface area contributed by atoms with Crippen molar-refractivity contribution in [1.82, 2.24) is 5.06 Å². The number of hydroxylamine groups is 2. The zero-order valence-electron chi connectivity index (χ0n) is 11.9. The number of halogens is 2. The summed E-state index contributed by atoms with van der Waals surface area (Å²) in [6.45, 7) is 2.57. The van der Waals surface area contributed by atoms with Crippen LogP contribution in [0.25, 0.3) is 0 Å². The molecule has 2 aliphatic rings. The Morgan fingerprint density at radius 2 is 2.14 bits per heavy atom. The van der Waals surface area contributed by atoms with Crippen LogP contribution in [-0.4, -0.2) is 22.9 Å². The molecule has 0 amide bonds. The van der Waals surface area contributed by atoms with Crippen molar-refractivity contribution in [1.29, 1.82) is 0 Å². The lowest BCUT2D eigenvalue weighted by Crippen LogP contribution is -2.41. The van der Waals surface area contributed by atoms with Crippen molar-refractivity contribution >= 4 is 0 Å². The summed E-state index contributed by atoms with van der Waals surface area (Å²) in [6.07, 6.45) is 4.94. The summed E-state index contributed by atoms with van der Waals surface area (Å²) >= 11 is 0. The van der Waals surface area contributed by atoms with Crippen molar-refractivity contribution in [2.75, 3.05) is 6.54 Å². The third-order valence-electron chi connectivity index (χ3n) is 4.43. The number of aliphatic hydroxyl groups excluding tert-OH is 1. The molecule has 2 atom stereocenters. The summed E-state index contributed by atoms with van der Waals surface area (Å²) in [5.74, 6) is -0.604. The quantitative estimate of drug-likeness (QED) is 0.906. The maximum absolute atomic E-state index is 13.9. The van der Waals surface area contributed by atoms with Crippen molar-refractivity contribution in [3.63, 3.8) is 0 Å². The molecule has 0 spiro atoms. The number of aliphatic hydroxyl groups is 1. The first-order chi connectivity index (χ1) is 9.98. The van der Waals surface area contributed by atoms with E-state index in [0.717, 1.165) is 18.9 Å². The summed E-state index contributed by atoms with van der Waals surface area (Å²) in [5.41, 5.74) is 0.290. The van der Waals surface area contributed by atoms with Gasteiger partial charge in [0.2, 0.25) is 0 Å². The number of hydrogen-bond donors (Lipinski definition) is 1. The number of benzene rings is 1. The Kier molecular flexibility index (Phi) is 3.71. The van der Waals surface area contributed by atoms with Crippen LogP contribution >= 0.6 is 0 Å². The molecule has 21 heavy (non-hydrogen) atoms. The molecule has 1 aliphatic heterocycles. The zero-order chi connectivity index (χ0) is 15.0. The van der Waals surface area contributed by atoms with Gasteiger partial charge in [0.1, 0.15) is 17.9 Å². The molecule has 1 heterocycles. The average Bonchev–Trinajstić information content (AvgIpc) is 3.20. The van der Waals surface area contributed by atoms with Gasteiger partial charge in [-0.2, -0.15) is 0 Å². The van der Waals surface area contributed by atoms with Crippen molar-refractivity contribution in [2.24, 2.45) is 11.3 Å². The first-order valence-electron chi connectivity index (χ1n) is 7.20. The standard InChI is InChI=1S/C16H19F2NO2/c1-16(12-3-4-12,10-19-15(20)6-7-21-19)9-11-2-5-13(17)8-14(11)18/h2,5-8,12,15,20H,3-4,9-10H2,1H3. The molecule has 3 nitrogen and oxygen atoms in total.